The molecule has 0 bridgehead atoms. The maximum absolute atomic E-state index is 10.3. The molecule has 0 radical (unpaired) electrons. The average Bonchev–Trinajstić information content (AvgIpc) is 2.17. The van der Waals surface area contributed by atoms with Gasteiger partial charge < -0.3 is 0 Å². The minimum atomic E-state index is -0.343. The molecular formula is C10H8N2O2. The molecule has 0 aliphatic rings. The molecule has 1 aromatic heterocycles. The van der Waals surface area contributed by atoms with Gasteiger partial charge in [0.05, 0.1) is 5.52 Å². The van der Waals surface area contributed by atoms with Gasteiger partial charge in [0.25, 0.3) is 0 Å². The van der Waals surface area contributed by atoms with Crippen molar-refractivity contribution in [2.45, 2.75) is 6.54 Å². The van der Waals surface area contributed by atoms with Crippen molar-refractivity contribution >= 4 is 10.9 Å². The first kappa shape index (κ1) is 8.62. The number of pyridine rings is 1. The lowest BCUT2D eigenvalue weighted by molar-refractivity contribution is -0.496. The summed E-state index contributed by atoms with van der Waals surface area (Å²) in [6.07, 6.45) is 1.68. The molecule has 0 aliphatic carbocycles. The number of aromatic nitrogens is 1. The smallest absolute Gasteiger partial charge is 0.229 e. The van der Waals surface area contributed by atoms with Gasteiger partial charge in [-0.25, -0.2) is 0 Å². The van der Waals surface area contributed by atoms with Crippen LogP contribution in [0.4, 0.5) is 0 Å². The Kier molecular flexibility index (Phi) is 2.10. The number of nitrogens with zero attached hydrogens (tertiary/aromatic N) is 2. The van der Waals surface area contributed by atoms with E-state index < -0.39 is 0 Å². The second-order valence-electron chi connectivity index (χ2n) is 3.02. The molecule has 0 saturated heterocycles. The molecule has 0 saturated carbocycles. The molecule has 0 atom stereocenters. The lowest BCUT2D eigenvalue weighted by atomic mass is 10.1. The maximum atomic E-state index is 10.3. The fraction of sp³-hybridized carbons (Fsp3) is 0.100. The van der Waals surface area contributed by atoms with E-state index in [0.717, 1.165) is 10.9 Å². The van der Waals surface area contributed by atoms with E-state index in [2.05, 4.69) is 4.98 Å². The second kappa shape index (κ2) is 3.41. The van der Waals surface area contributed by atoms with E-state index in [9.17, 15) is 10.1 Å². The van der Waals surface area contributed by atoms with Crippen LogP contribution in [-0.4, -0.2) is 9.91 Å². The molecule has 0 aliphatic heterocycles. The van der Waals surface area contributed by atoms with Crippen molar-refractivity contribution in [1.82, 2.24) is 4.98 Å². The van der Waals surface area contributed by atoms with Crippen molar-refractivity contribution in [3.8, 4) is 0 Å². The van der Waals surface area contributed by atoms with Crippen LogP contribution in [0.2, 0.25) is 0 Å². The van der Waals surface area contributed by atoms with Crippen LogP contribution < -0.4 is 0 Å². The van der Waals surface area contributed by atoms with Gasteiger partial charge in [-0.05, 0) is 12.1 Å². The Bertz CT molecular complexity index is 482. The van der Waals surface area contributed by atoms with E-state index in [1.165, 1.54) is 0 Å². The van der Waals surface area contributed by atoms with Gasteiger partial charge in [-0.2, -0.15) is 0 Å². The highest BCUT2D eigenvalue weighted by molar-refractivity contribution is 5.78. The van der Waals surface area contributed by atoms with Crippen molar-refractivity contribution in [1.29, 1.82) is 0 Å². The van der Waals surface area contributed by atoms with Gasteiger partial charge in [0, 0.05) is 22.1 Å². The summed E-state index contributed by atoms with van der Waals surface area (Å²) in [5, 5.41) is 11.3. The van der Waals surface area contributed by atoms with Crippen LogP contribution in [0.15, 0.2) is 36.5 Å². The van der Waals surface area contributed by atoms with Crippen LogP contribution in [0.5, 0.6) is 0 Å². The molecular weight excluding hydrogens is 180 g/mol. The molecule has 4 heteroatoms. The predicted octanol–water partition coefficient (Wildman–Crippen LogP) is 2.01. The van der Waals surface area contributed by atoms with Crippen LogP contribution in [0.3, 0.4) is 0 Å². The van der Waals surface area contributed by atoms with Crippen LogP contribution in [-0.2, 0) is 6.54 Å². The Labute approximate surface area is 80.4 Å². The number of fused-ring (bicyclic) bond motifs is 1. The molecule has 2 rings (SSSR count). The molecule has 14 heavy (non-hydrogen) atoms. The zero-order valence-electron chi connectivity index (χ0n) is 7.38. The Hall–Kier alpha value is -1.97. The molecule has 4 nitrogen and oxygen atoms in total. The van der Waals surface area contributed by atoms with E-state index in [0.29, 0.717) is 5.56 Å². The molecule has 0 spiro atoms. The molecule has 1 aromatic carbocycles. The van der Waals surface area contributed by atoms with Gasteiger partial charge in [-0.1, -0.05) is 18.2 Å². The molecule has 0 N–H and O–H groups in total. The van der Waals surface area contributed by atoms with Crippen LogP contribution in [0, 0.1) is 10.1 Å². The summed E-state index contributed by atoms with van der Waals surface area (Å²) in [7, 11) is 0. The van der Waals surface area contributed by atoms with Crippen molar-refractivity contribution in [3.63, 3.8) is 0 Å². The first-order chi connectivity index (χ1) is 6.75. The Balaban J connectivity index is 2.46. The van der Waals surface area contributed by atoms with Crippen molar-refractivity contribution in [2.75, 3.05) is 0 Å². The second-order valence-corrected chi connectivity index (χ2v) is 3.02. The van der Waals surface area contributed by atoms with Gasteiger partial charge in [0.2, 0.25) is 6.54 Å². The summed E-state index contributed by atoms with van der Waals surface area (Å²) in [5.74, 6) is 0. The Morgan fingerprint density at radius 1 is 1.36 bits per heavy atom. The van der Waals surface area contributed by atoms with Crippen molar-refractivity contribution in [3.05, 3.63) is 52.2 Å². The fourth-order valence-corrected chi connectivity index (χ4v) is 1.36. The third-order valence-corrected chi connectivity index (χ3v) is 1.98. The van der Waals surface area contributed by atoms with Crippen molar-refractivity contribution in [2.24, 2.45) is 0 Å². The van der Waals surface area contributed by atoms with E-state index in [1.54, 1.807) is 18.3 Å². The standard InChI is InChI=1S/C10H8N2O2/c13-12(14)7-8-3-4-9-2-1-5-11-10(9)6-8/h1-6H,7H2. The van der Waals surface area contributed by atoms with E-state index >= 15 is 0 Å². The maximum Gasteiger partial charge on any atom is 0.229 e. The minimum Gasteiger partial charge on any atom is -0.264 e. The third-order valence-electron chi connectivity index (χ3n) is 1.98. The summed E-state index contributed by atoms with van der Waals surface area (Å²) in [5.41, 5.74) is 1.48. The minimum absolute atomic E-state index is 0.146. The summed E-state index contributed by atoms with van der Waals surface area (Å²) in [4.78, 5) is 14.1. The first-order valence-electron chi connectivity index (χ1n) is 4.21. The normalized spacial score (nSPS) is 10.3. The lowest BCUT2D eigenvalue weighted by Gasteiger charge is -1.98. The molecule has 0 unspecified atom stereocenters. The van der Waals surface area contributed by atoms with Gasteiger partial charge in [-0.15, -0.1) is 0 Å². The van der Waals surface area contributed by atoms with Gasteiger partial charge >= 0.3 is 0 Å². The van der Waals surface area contributed by atoms with Gasteiger partial charge in [0.1, 0.15) is 0 Å². The fourth-order valence-electron chi connectivity index (χ4n) is 1.36. The van der Waals surface area contributed by atoms with Crippen LogP contribution in [0.1, 0.15) is 5.56 Å². The monoisotopic (exact) mass is 188 g/mol. The Morgan fingerprint density at radius 3 is 3.00 bits per heavy atom. The highest BCUT2D eigenvalue weighted by atomic mass is 16.6. The Morgan fingerprint density at radius 2 is 2.21 bits per heavy atom. The molecule has 0 amide bonds. The number of rotatable bonds is 2. The summed E-state index contributed by atoms with van der Waals surface area (Å²) >= 11 is 0. The summed E-state index contributed by atoms with van der Waals surface area (Å²) in [6.45, 7) is -0.146. The SMILES string of the molecule is O=[N+]([O-])Cc1ccc2cccnc2c1. The number of hydrogen-bond acceptors (Lipinski definition) is 3. The van der Waals surface area contributed by atoms with Gasteiger partial charge in [0.15, 0.2) is 0 Å². The van der Waals surface area contributed by atoms with E-state index in [4.69, 9.17) is 0 Å². The average molecular weight is 188 g/mol. The van der Waals surface area contributed by atoms with E-state index in [1.807, 2.05) is 18.2 Å². The number of hydrogen-bond donors (Lipinski definition) is 0. The first-order valence-corrected chi connectivity index (χ1v) is 4.21. The summed E-state index contributed by atoms with van der Waals surface area (Å²) < 4.78 is 0. The highest BCUT2D eigenvalue weighted by Gasteiger charge is 2.02. The predicted molar refractivity (Wildman–Crippen MR) is 52.4 cm³/mol. The lowest BCUT2D eigenvalue weighted by Crippen LogP contribution is -1.97. The van der Waals surface area contributed by atoms with Crippen LogP contribution in [0.25, 0.3) is 10.9 Å². The molecule has 1 heterocycles. The summed E-state index contributed by atoms with van der Waals surface area (Å²) in [6, 6.07) is 9.12. The van der Waals surface area contributed by atoms with Crippen molar-refractivity contribution < 1.29 is 4.92 Å². The number of nitro groups is 1. The molecule has 70 valence electrons. The third kappa shape index (κ3) is 1.69. The van der Waals surface area contributed by atoms with Crippen LogP contribution >= 0.6 is 0 Å². The zero-order valence-corrected chi connectivity index (χ0v) is 7.38. The number of benzene rings is 1. The van der Waals surface area contributed by atoms with Gasteiger partial charge in [-0.3, -0.25) is 15.1 Å². The van der Waals surface area contributed by atoms with E-state index in [-0.39, 0.29) is 11.5 Å². The highest BCUT2D eigenvalue weighted by Crippen LogP contribution is 2.13. The molecule has 2 aromatic rings. The molecule has 0 fully saturated rings. The largest absolute Gasteiger partial charge is 0.264 e. The topological polar surface area (TPSA) is 56.0 Å². The zero-order chi connectivity index (χ0) is 9.97. The quantitative estimate of drug-likeness (QED) is 0.535.